The largest absolute Gasteiger partial charge is 0.365 e. The number of hydrogen-bond donors (Lipinski definition) is 1. The molecule has 6 nitrogen and oxygen atoms in total. The summed E-state index contributed by atoms with van der Waals surface area (Å²) in [6.07, 6.45) is 3.33. The number of nitrogens with zero attached hydrogens (tertiary/aromatic N) is 4. The van der Waals surface area contributed by atoms with Crippen LogP contribution >= 0.6 is 12.4 Å². The number of aryl methyl sites for hydroxylation is 1. The molecule has 3 aliphatic heterocycles. The highest BCUT2D eigenvalue weighted by molar-refractivity contribution is 5.85. The predicted molar refractivity (Wildman–Crippen MR) is 110 cm³/mol. The fourth-order valence-electron chi connectivity index (χ4n) is 3.74. The van der Waals surface area contributed by atoms with E-state index in [9.17, 15) is 9.18 Å². The van der Waals surface area contributed by atoms with Crippen molar-refractivity contribution < 1.29 is 4.39 Å². The van der Waals surface area contributed by atoms with Crippen molar-refractivity contribution in [2.45, 2.75) is 58.7 Å². The Labute approximate surface area is 169 Å². The molecule has 0 bridgehead atoms. The fourth-order valence-corrected chi connectivity index (χ4v) is 3.74. The lowest BCUT2D eigenvalue weighted by Gasteiger charge is -2.13. The molecule has 0 aromatic heterocycles. The first-order valence-electron chi connectivity index (χ1n) is 9.61. The molecule has 1 unspecified atom stereocenters. The second-order valence-electron chi connectivity index (χ2n) is 7.13. The van der Waals surface area contributed by atoms with Gasteiger partial charge in [0.15, 0.2) is 5.82 Å². The third kappa shape index (κ3) is 3.63. The highest BCUT2D eigenvalue weighted by Gasteiger charge is 2.31. The molecule has 150 valence electrons. The van der Waals surface area contributed by atoms with E-state index in [1.807, 2.05) is 0 Å². The van der Waals surface area contributed by atoms with Gasteiger partial charge in [-0.05, 0) is 37.0 Å². The number of imidazole rings is 1. The lowest BCUT2D eigenvalue weighted by Crippen LogP contribution is -2.32. The minimum Gasteiger partial charge on any atom is -0.365 e. The standard InChI is InChI=1S/C20H24FN5O.ClH/c1-3-5-16-23-17-18-22-15(11-13-6-8-14(21)9-7-13)12-26(18)20(27)25(10-4-2)19(17)24-16;/h6-9,15,22H,3-5,10-12H2,1-2H3;1H. The van der Waals surface area contributed by atoms with Crippen molar-refractivity contribution in [2.24, 2.45) is 0 Å². The van der Waals surface area contributed by atoms with Crippen molar-refractivity contribution in [2.75, 3.05) is 5.32 Å². The van der Waals surface area contributed by atoms with Gasteiger partial charge in [-0.15, -0.1) is 12.4 Å². The number of halogens is 2. The summed E-state index contributed by atoms with van der Waals surface area (Å²) in [4.78, 5) is 22.4. The quantitative estimate of drug-likeness (QED) is 0.681. The molecule has 0 saturated heterocycles. The number of hydrogen-bond acceptors (Lipinski definition) is 4. The zero-order valence-corrected chi connectivity index (χ0v) is 16.9. The molecule has 0 saturated carbocycles. The van der Waals surface area contributed by atoms with Crippen LogP contribution in [0.15, 0.2) is 29.1 Å². The number of aromatic nitrogens is 4. The first-order chi connectivity index (χ1) is 13.1. The molecule has 4 rings (SSSR count). The molecule has 1 atom stereocenters. The Morgan fingerprint density at radius 3 is 2.61 bits per heavy atom. The maximum atomic E-state index is 13.1. The zero-order chi connectivity index (χ0) is 19.0. The Balaban J connectivity index is 0.00000225. The Hall–Kier alpha value is -2.41. The van der Waals surface area contributed by atoms with Crippen LogP contribution in [0.1, 0.15) is 38.1 Å². The van der Waals surface area contributed by atoms with E-state index in [0.29, 0.717) is 25.3 Å². The van der Waals surface area contributed by atoms with Crippen molar-refractivity contribution in [3.8, 4) is 11.5 Å². The maximum absolute atomic E-state index is 13.1. The fraction of sp³-hybridized carbons (Fsp3) is 0.450. The van der Waals surface area contributed by atoms with E-state index in [-0.39, 0.29) is 30.0 Å². The third-order valence-corrected chi connectivity index (χ3v) is 4.96. The smallest absolute Gasteiger partial charge is 0.331 e. The van der Waals surface area contributed by atoms with Crippen LogP contribution in [-0.4, -0.2) is 25.1 Å². The Kier molecular flexibility index (Phi) is 6.03. The summed E-state index contributed by atoms with van der Waals surface area (Å²) in [5.41, 5.74) is 1.76. The van der Waals surface area contributed by atoms with Gasteiger partial charge in [0, 0.05) is 25.6 Å². The average Bonchev–Trinajstić information content (AvgIpc) is 3.25. The molecule has 3 aliphatic rings. The van der Waals surface area contributed by atoms with E-state index in [1.54, 1.807) is 21.3 Å². The summed E-state index contributed by atoms with van der Waals surface area (Å²) in [5, 5.41) is 3.46. The van der Waals surface area contributed by atoms with Gasteiger partial charge in [-0.2, -0.15) is 0 Å². The molecule has 1 aromatic carbocycles. The Morgan fingerprint density at radius 1 is 1.18 bits per heavy atom. The molecule has 0 fully saturated rings. The van der Waals surface area contributed by atoms with Crippen LogP contribution in [0.25, 0.3) is 11.5 Å². The van der Waals surface area contributed by atoms with Crippen LogP contribution in [-0.2, 0) is 25.9 Å². The molecular formula is C20H25ClFN5O. The summed E-state index contributed by atoms with van der Waals surface area (Å²) < 4.78 is 16.7. The molecule has 3 heterocycles. The first kappa shape index (κ1) is 20.3. The van der Waals surface area contributed by atoms with Crippen LogP contribution in [0, 0.1) is 5.82 Å². The lowest BCUT2D eigenvalue weighted by atomic mass is 10.1. The Bertz CT molecular complexity index is 982. The molecule has 1 aromatic rings. The van der Waals surface area contributed by atoms with Crippen molar-refractivity contribution in [1.29, 1.82) is 0 Å². The first-order valence-corrected chi connectivity index (χ1v) is 9.61. The molecule has 0 aliphatic carbocycles. The van der Waals surface area contributed by atoms with Crippen molar-refractivity contribution in [3.63, 3.8) is 0 Å². The molecule has 0 spiro atoms. The minimum absolute atomic E-state index is 0. The summed E-state index contributed by atoms with van der Waals surface area (Å²) in [5.74, 6) is 1.97. The van der Waals surface area contributed by atoms with Crippen molar-refractivity contribution in [1.82, 2.24) is 19.1 Å². The minimum atomic E-state index is -0.240. The van der Waals surface area contributed by atoms with Gasteiger partial charge in [0.2, 0.25) is 0 Å². The Morgan fingerprint density at radius 2 is 1.93 bits per heavy atom. The monoisotopic (exact) mass is 405 g/mol. The van der Waals surface area contributed by atoms with Crippen LogP contribution in [0.3, 0.4) is 0 Å². The van der Waals surface area contributed by atoms with E-state index in [2.05, 4.69) is 24.1 Å². The van der Waals surface area contributed by atoms with Gasteiger partial charge in [-0.3, -0.25) is 9.13 Å². The summed E-state index contributed by atoms with van der Waals surface area (Å²) in [7, 11) is 0. The molecule has 8 heteroatoms. The normalized spacial score (nSPS) is 15.3. The molecule has 28 heavy (non-hydrogen) atoms. The summed E-state index contributed by atoms with van der Waals surface area (Å²) in [6.45, 7) is 5.34. The molecular weight excluding hydrogens is 381 g/mol. The van der Waals surface area contributed by atoms with Crippen LogP contribution in [0.5, 0.6) is 0 Å². The molecule has 0 radical (unpaired) electrons. The van der Waals surface area contributed by atoms with Gasteiger partial charge in [0.1, 0.15) is 23.2 Å². The highest BCUT2D eigenvalue weighted by Crippen LogP contribution is 2.31. The second-order valence-corrected chi connectivity index (χ2v) is 7.13. The highest BCUT2D eigenvalue weighted by atomic mass is 35.5. The topological polar surface area (TPSA) is 64.7 Å². The van der Waals surface area contributed by atoms with Gasteiger partial charge >= 0.3 is 5.69 Å². The van der Waals surface area contributed by atoms with E-state index in [0.717, 1.165) is 42.2 Å². The molecule has 1 N–H and O–H groups in total. The van der Waals surface area contributed by atoms with Crippen LogP contribution in [0.4, 0.5) is 10.2 Å². The van der Waals surface area contributed by atoms with Crippen molar-refractivity contribution >= 4 is 18.2 Å². The lowest BCUT2D eigenvalue weighted by molar-refractivity contribution is 0.560. The zero-order valence-electron chi connectivity index (χ0n) is 16.1. The number of benzene rings is 1. The van der Waals surface area contributed by atoms with E-state index in [4.69, 9.17) is 4.98 Å². The van der Waals surface area contributed by atoms with Gasteiger partial charge in [0.25, 0.3) is 0 Å². The maximum Gasteiger partial charge on any atom is 0.331 e. The number of anilines is 1. The average molecular weight is 406 g/mol. The number of rotatable bonds is 6. The van der Waals surface area contributed by atoms with E-state index < -0.39 is 0 Å². The number of nitrogens with one attached hydrogen (secondary N) is 1. The van der Waals surface area contributed by atoms with Crippen LogP contribution in [0.2, 0.25) is 0 Å². The van der Waals surface area contributed by atoms with Crippen LogP contribution < -0.4 is 11.0 Å². The van der Waals surface area contributed by atoms with Gasteiger partial charge in [-0.25, -0.2) is 19.2 Å². The van der Waals surface area contributed by atoms with Crippen molar-refractivity contribution in [3.05, 3.63) is 52.0 Å². The number of fused-ring (bicyclic) bond motifs is 3. The summed E-state index contributed by atoms with van der Waals surface area (Å²) >= 11 is 0. The molecule has 0 amide bonds. The van der Waals surface area contributed by atoms with Gasteiger partial charge in [0.05, 0.1) is 0 Å². The van der Waals surface area contributed by atoms with Gasteiger partial charge < -0.3 is 5.32 Å². The predicted octanol–water partition coefficient (Wildman–Crippen LogP) is 3.50. The SMILES string of the molecule is CCCc1nc2c3n(c(=O)n(CCC)c-2n1)CC(Cc1ccc(F)cc1)N3.Cl. The third-order valence-electron chi connectivity index (χ3n) is 4.96. The summed E-state index contributed by atoms with van der Waals surface area (Å²) in [6, 6.07) is 6.58. The van der Waals surface area contributed by atoms with E-state index >= 15 is 0 Å². The van der Waals surface area contributed by atoms with E-state index in [1.165, 1.54) is 12.1 Å². The van der Waals surface area contributed by atoms with Gasteiger partial charge in [-0.1, -0.05) is 26.0 Å². The second kappa shape index (κ2) is 8.31.